The zero-order valence-corrected chi connectivity index (χ0v) is 9.13. The number of hydrogen-bond donors (Lipinski definition) is 3. The van der Waals surface area contributed by atoms with E-state index >= 15 is 0 Å². The molecule has 0 radical (unpaired) electrons. The third-order valence-corrected chi connectivity index (χ3v) is 2.25. The Hall–Kier alpha value is -1.00. The first-order valence-corrected chi connectivity index (χ1v) is 5.67. The Morgan fingerprint density at radius 3 is 2.50 bits per heavy atom. The third kappa shape index (κ3) is 6.48. The Morgan fingerprint density at radius 1 is 1.50 bits per heavy atom. The van der Waals surface area contributed by atoms with Crippen molar-refractivity contribution in [3.05, 3.63) is 0 Å². The van der Waals surface area contributed by atoms with Gasteiger partial charge in [0.05, 0.1) is 6.61 Å². The van der Waals surface area contributed by atoms with Crippen molar-refractivity contribution in [2.45, 2.75) is 19.5 Å². The van der Waals surface area contributed by atoms with Crippen molar-refractivity contribution >= 4 is 16.3 Å². The van der Waals surface area contributed by atoms with E-state index in [4.69, 9.17) is 5.11 Å². The minimum atomic E-state index is -4.30. The maximum atomic E-state index is 11.8. The molecule has 10 heteroatoms. The van der Waals surface area contributed by atoms with Gasteiger partial charge in [0.15, 0.2) is 0 Å². The molecule has 0 rings (SSSR count). The van der Waals surface area contributed by atoms with Crippen LogP contribution in [0.15, 0.2) is 0 Å². The molecule has 0 fully saturated rings. The Morgan fingerprint density at radius 2 is 2.06 bits per heavy atom. The van der Waals surface area contributed by atoms with Crippen LogP contribution in [0.25, 0.3) is 0 Å². The second-order valence-corrected chi connectivity index (χ2v) is 4.08. The van der Waals surface area contributed by atoms with Gasteiger partial charge in [0, 0.05) is 6.54 Å². The maximum Gasteiger partial charge on any atom is 0.421 e. The quantitative estimate of drug-likeness (QED) is 0.581. The van der Waals surface area contributed by atoms with Crippen LogP contribution < -0.4 is 9.44 Å². The van der Waals surface area contributed by atoms with Gasteiger partial charge in [-0.25, -0.2) is 18.3 Å². The first kappa shape index (κ1) is 15.0. The van der Waals surface area contributed by atoms with Crippen LogP contribution in [0.5, 0.6) is 0 Å². The van der Waals surface area contributed by atoms with Gasteiger partial charge >= 0.3 is 16.3 Å². The second-order valence-electron chi connectivity index (χ2n) is 2.58. The van der Waals surface area contributed by atoms with Crippen LogP contribution in [0.2, 0.25) is 0 Å². The van der Waals surface area contributed by atoms with Crippen LogP contribution >= 0.6 is 0 Å². The second kappa shape index (κ2) is 6.55. The van der Waals surface area contributed by atoms with E-state index in [2.05, 4.69) is 4.74 Å². The van der Waals surface area contributed by atoms with Crippen LogP contribution in [0.3, 0.4) is 0 Å². The summed E-state index contributed by atoms with van der Waals surface area (Å²) in [6, 6.07) is 0. The zero-order valence-electron chi connectivity index (χ0n) is 8.31. The van der Waals surface area contributed by atoms with Crippen molar-refractivity contribution in [1.82, 2.24) is 9.44 Å². The number of aliphatic hydroxyl groups is 1. The number of carbonyl (C=O) groups is 1. The lowest BCUT2D eigenvalue weighted by atomic mass is 10.4. The van der Waals surface area contributed by atoms with Crippen LogP contribution in [-0.4, -0.2) is 45.3 Å². The van der Waals surface area contributed by atoms with E-state index in [1.807, 2.05) is 0 Å². The predicted molar refractivity (Wildman–Crippen MR) is 49.1 cm³/mol. The van der Waals surface area contributed by atoms with E-state index in [9.17, 15) is 22.0 Å². The number of alkyl halides is 2. The first-order chi connectivity index (χ1) is 7.28. The van der Waals surface area contributed by atoms with E-state index in [0.717, 1.165) is 0 Å². The number of rotatable bonds is 6. The van der Waals surface area contributed by atoms with Gasteiger partial charge in [-0.2, -0.15) is 13.1 Å². The molecule has 0 saturated carbocycles. The molecular formula is C6H12F2N2O5S. The summed E-state index contributed by atoms with van der Waals surface area (Å²) in [5, 5.41) is 8.61. The van der Waals surface area contributed by atoms with Gasteiger partial charge in [-0.3, -0.25) is 0 Å². The molecule has 3 N–H and O–H groups in total. The average molecular weight is 262 g/mol. The SMILES string of the molecule is CCOC(=O)NS(=O)(=O)NCC(O)C(F)F. The standard InChI is InChI=1S/C6H12F2N2O5S/c1-2-15-6(12)10-16(13,14)9-3-4(11)5(7)8/h4-5,9,11H,2-3H2,1H3,(H,10,12). The highest BCUT2D eigenvalue weighted by Crippen LogP contribution is 1.98. The van der Waals surface area contributed by atoms with Crippen LogP contribution in [0.4, 0.5) is 13.6 Å². The zero-order chi connectivity index (χ0) is 12.8. The number of halogens is 2. The summed E-state index contributed by atoms with van der Waals surface area (Å²) in [6.45, 7) is 0.508. The van der Waals surface area contributed by atoms with Gasteiger partial charge in [0.1, 0.15) is 6.10 Å². The van der Waals surface area contributed by atoms with Crippen molar-refractivity contribution in [1.29, 1.82) is 0 Å². The highest BCUT2D eigenvalue weighted by Gasteiger charge is 2.21. The van der Waals surface area contributed by atoms with Crippen molar-refractivity contribution in [3.8, 4) is 0 Å². The minimum absolute atomic E-state index is 0.0407. The van der Waals surface area contributed by atoms with Gasteiger partial charge in [-0.05, 0) is 6.92 Å². The molecule has 1 atom stereocenters. The van der Waals surface area contributed by atoms with Crippen LogP contribution in [0, 0.1) is 0 Å². The molecule has 0 aromatic rings. The monoisotopic (exact) mass is 262 g/mol. The molecule has 0 aromatic carbocycles. The van der Waals surface area contributed by atoms with Crippen molar-refractivity contribution in [2.75, 3.05) is 13.2 Å². The number of nitrogens with one attached hydrogen (secondary N) is 2. The lowest BCUT2D eigenvalue weighted by Gasteiger charge is -2.11. The van der Waals surface area contributed by atoms with E-state index < -0.39 is 35.4 Å². The third-order valence-electron chi connectivity index (χ3n) is 1.27. The highest BCUT2D eigenvalue weighted by molar-refractivity contribution is 7.88. The molecule has 7 nitrogen and oxygen atoms in total. The van der Waals surface area contributed by atoms with Crippen LogP contribution in [0.1, 0.15) is 6.92 Å². The molecule has 1 amide bonds. The predicted octanol–water partition coefficient (Wildman–Crippen LogP) is -0.807. The smallest absolute Gasteiger partial charge is 0.421 e. The normalized spacial score (nSPS) is 13.6. The molecule has 1 unspecified atom stereocenters. The van der Waals surface area contributed by atoms with Crippen molar-refractivity contribution < 1.29 is 31.8 Å². The summed E-state index contributed by atoms with van der Waals surface area (Å²) in [5.74, 6) is 0. The summed E-state index contributed by atoms with van der Waals surface area (Å²) >= 11 is 0. The molecule has 0 aromatic heterocycles. The van der Waals surface area contributed by atoms with Crippen molar-refractivity contribution in [2.24, 2.45) is 0 Å². The summed E-state index contributed by atoms with van der Waals surface area (Å²) < 4.78 is 52.7. The number of hydrogen-bond acceptors (Lipinski definition) is 5. The molecular weight excluding hydrogens is 250 g/mol. The van der Waals surface area contributed by atoms with Gasteiger partial charge in [-0.15, -0.1) is 0 Å². The topological polar surface area (TPSA) is 105 Å². The first-order valence-electron chi connectivity index (χ1n) is 4.19. The highest BCUT2D eigenvalue weighted by atomic mass is 32.2. The maximum absolute atomic E-state index is 11.8. The molecule has 0 heterocycles. The Bertz CT molecular complexity index is 321. The molecule has 0 aliphatic rings. The van der Waals surface area contributed by atoms with Gasteiger partial charge in [-0.1, -0.05) is 0 Å². The minimum Gasteiger partial charge on any atom is -0.449 e. The lowest BCUT2D eigenvalue weighted by Crippen LogP contribution is -2.44. The summed E-state index contributed by atoms with van der Waals surface area (Å²) in [5.41, 5.74) is 0. The molecule has 0 spiro atoms. The fourth-order valence-corrected chi connectivity index (χ4v) is 1.33. The van der Waals surface area contributed by atoms with E-state index in [1.165, 1.54) is 11.6 Å². The van der Waals surface area contributed by atoms with Crippen LogP contribution in [-0.2, 0) is 14.9 Å². The number of carbonyl (C=O) groups excluding carboxylic acids is 1. The molecule has 0 aliphatic carbocycles. The summed E-state index contributed by atoms with van der Waals surface area (Å²) in [7, 11) is -4.30. The fraction of sp³-hybridized carbons (Fsp3) is 0.833. The Balaban J connectivity index is 4.11. The molecule has 0 aliphatic heterocycles. The van der Waals surface area contributed by atoms with E-state index in [0.29, 0.717) is 0 Å². The van der Waals surface area contributed by atoms with E-state index in [-0.39, 0.29) is 6.61 Å². The number of ether oxygens (including phenoxy) is 1. The molecule has 16 heavy (non-hydrogen) atoms. The van der Waals surface area contributed by atoms with Gasteiger partial charge < -0.3 is 9.84 Å². The number of amides is 1. The summed E-state index contributed by atoms with van der Waals surface area (Å²) in [4.78, 5) is 10.7. The van der Waals surface area contributed by atoms with Crippen molar-refractivity contribution in [3.63, 3.8) is 0 Å². The number of aliphatic hydroxyl groups excluding tert-OH is 1. The van der Waals surface area contributed by atoms with Gasteiger partial charge in [0.25, 0.3) is 6.43 Å². The Labute approximate surface area is 91.0 Å². The van der Waals surface area contributed by atoms with E-state index in [1.54, 1.807) is 4.72 Å². The lowest BCUT2D eigenvalue weighted by molar-refractivity contribution is -0.000483. The largest absolute Gasteiger partial charge is 0.449 e. The average Bonchev–Trinajstić information content (AvgIpc) is 2.13. The fourth-order valence-electron chi connectivity index (χ4n) is 0.591. The molecule has 96 valence electrons. The molecule has 0 bridgehead atoms. The Kier molecular flexibility index (Phi) is 6.14. The van der Waals surface area contributed by atoms with Gasteiger partial charge in [0.2, 0.25) is 0 Å². The summed E-state index contributed by atoms with van der Waals surface area (Å²) in [6.07, 6.45) is -6.45. The molecule has 0 saturated heterocycles.